The number of hydrogen-bond donors (Lipinski definition) is 0. The molecule has 1 amide bonds. The van der Waals surface area contributed by atoms with Crippen molar-refractivity contribution in [3.05, 3.63) is 59.2 Å². The molecule has 1 heterocycles. The van der Waals surface area contributed by atoms with Crippen LogP contribution >= 0.6 is 0 Å². The van der Waals surface area contributed by atoms with Crippen molar-refractivity contribution in [2.45, 2.75) is 32.2 Å². The van der Waals surface area contributed by atoms with E-state index in [9.17, 15) is 4.79 Å². The van der Waals surface area contributed by atoms with Crippen molar-refractivity contribution in [3.63, 3.8) is 0 Å². The number of hydrogen-bond acceptors (Lipinski definition) is 3. The van der Waals surface area contributed by atoms with Crippen LogP contribution in [0.4, 0.5) is 0 Å². The number of fused-ring (bicyclic) bond motifs is 1. The van der Waals surface area contributed by atoms with Crippen molar-refractivity contribution in [1.82, 2.24) is 4.90 Å². The first-order valence-corrected chi connectivity index (χ1v) is 8.51. The number of carbonyl (C=O) groups is 1. The van der Waals surface area contributed by atoms with E-state index in [1.165, 1.54) is 11.1 Å². The zero-order valence-electron chi connectivity index (χ0n) is 15.3. The maximum atomic E-state index is 12.9. The molecule has 0 bridgehead atoms. The molecule has 4 heteroatoms. The summed E-state index contributed by atoms with van der Waals surface area (Å²) in [6, 6.07) is 14.0. The van der Waals surface area contributed by atoms with Gasteiger partial charge >= 0.3 is 0 Å². The highest BCUT2D eigenvalue weighted by atomic mass is 16.5. The molecular formula is C21H25NO3. The molecule has 0 spiro atoms. The number of methoxy groups -OCH3 is 2. The van der Waals surface area contributed by atoms with Gasteiger partial charge in [-0.2, -0.15) is 0 Å². The second-order valence-electron chi connectivity index (χ2n) is 7.16. The minimum Gasteiger partial charge on any atom is -0.493 e. The van der Waals surface area contributed by atoms with Gasteiger partial charge in [-0.25, -0.2) is 0 Å². The predicted molar refractivity (Wildman–Crippen MR) is 98.1 cm³/mol. The summed E-state index contributed by atoms with van der Waals surface area (Å²) < 4.78 is 10.6. The first-order chi connectivity index (χ1) is 11.9. The second kappa shape index (κ2) is 6.79. The largest absolute Gasteiger partial charge is 0.493 e. The first-order valence-electron chi connectivity index (χ1n) is 8.51. The van der Waals surface area contributed by atoms with E-state index in [0.717, 1.165) is 12.1 Å². The van der Waals surface area contributed by atoms with Gasteiger partial charge in [0.2, 0.25) is 5.91 Å². The van der Waals surface area contributed by atoms with Crippen LogP contribution in [0.15, 0.2) is 42.5 Å². The average molecular weight is 339 g/mol. The van der Waals surface area contributed by atoms with Crippen LogP contribution in [-0.4, -0.2) is 31.6 Å². The fourth-order valence-corrected chi connectivity index (χ4v) is 3.60. The minimum absolute atomic E-state index is 0.0396. The normalized spacial score (nSPS) is 15.4. The predicted octanol–water partition coefficient (Wildman–Crippen LogP) is 3.57. The molecule has 0 N–H and O–H groups in total. The number of rotatable bonds is 4. The standard InChI is InChI=1S/C21H25NO3/c1-21(2)14-22(13-16-7-5-6-8-17(16)21)20(23)12-15-9-10-18(24-3)19(11-15)25-4/h5-11H,12-14H2,1-4H3. The van der Waals surface area contributed by atoms with E-state index in [-0.39, 0.29) is 11.3 Å². The summed E-state index contributed by atoms with van der Waals surface area (Å²) in [4.78, 5) is 14.8. The Bertz CT molecular complexity index is 782. The SMILES string of the molecule is COc1ccc(CC(=O)N2Cc3ccccc3C(C)(C)C2)cc1OC. The summed E-state index contributed by atoms with van der Waals surface area (Å²) in [5.74, 6) is 1.46. The molecule has 2 aromatic carbocycles. The molecule has 1 aliphatic rings. The molecule has 0 saturated heterocycles. The number of carbonyl (C=O) groups excluding carboxylic acids is 1. The van der Waals surface area contributed by atoms with Crippen LogP contribution in [0.2, 0.25) is 0 Å². The van der Waals surface area contributed by atoms with Gasteiger partial charge in [-0.3, -0.25) is 4.79 Å². The van der Waals surface area contributed by atoms with Gasteiger partial charge < -0.3 is 14.4 Å². The smallest absolute Gasteiger partial charge is 0.227 e. The summed E-state index contributed by atoms with van der Waals surface area (Å²) in [5, 5.41) is 0. The lowest BCUT2D eigenvalue weighted by atomic mass is 9.78. The molecule has 2 aromatic rings. The highest BCUT2D eigenvalue weighted by molar-refractivity contribution is 5.79. The summed E-state index contributed by atoms with van der Waals surface area (Å²) >= 11 is 0. The Morgan fingerprint density at radius 2 is 1.80 bits per heavy atom. The Labute approximate surface area is 149 Å². The van der Waals surface area contributed by atoms with Crippen LogP contribution in [0.3, 0.4) is 0 Å². The van der Waals surface area contributed by atoms with Crippen molar-refractivity contribution in [2.24, 2.45) is 0 Å². The molecular weight excluding hydrogens is 314 g/mol. The lowest BCUT2D eigenvalue weighted by molar-refractivity contribution is -0.132. The minimum atomic E-state index is -0.0396. The quantitative estimate of drug-likeness (QED) is 0.855. The Kier molecular flexibility index (Phi) is 4.71. The Hall–Kier alpha value is -2.49. The summed E-state index contributed by atoms with van der Waals surface area (Å²) in [6.45, 7) is 5.80. The highest BCUT2D eigenvalue weighted by Gasteiger charge is 2.33. The zero-order chi connectivity index (χ0) is 18.0. The molecule has 25 heavy (non-hydrogen) atoms. The molecule has 132 valence electrons. The molecule has 0 fully saturated rings. The van der Waals surface area contributed by atoms with Crippen molar-refractivity contribution in [3.8, 4) is 11.5 Å². The Balaban J connectivity index is 1.79. The van der Waals surface area contributed by atoms with Crippen molar-refractivity contribution in [1.29, 1.82) is 0 Å². The zero-order valence-corrected chi connectivity index (χ0v) is 15.3. The topological polar surface area (TPSA) is 38.8 Å². The molecule has 0 unspecified atom stereocenters. The van der Waals surface area contributed by atoms with Crippen LogP contribution in [-0.2, 0) is 23.2 Å². The summed E-state index contributed by atoms with van der Waals surface area (Å²) in [7, 11) is 3.21. The van der Waals surface area contributed by atoms with Gasteiger partial charge in [-0.05, 0) is 28.8 Å². The second-order valence-corrected chi connectivity index (χ2v) is 7.16. The van der Waals surface area contributed by atoms with Gasteiger partial charge in [0.05, 0.1) is 20.6 Å². The van der Waals surface area contributed by atoms with Crippen molar-refractivity contribution in [2.75, 3.05) is 20.8 Å². The van der Waals surface area contributed by atoms with E-state index in [4.69, 9.17) is 9.47 Å². The monoisotopic (exact) mass is 339 g/mol. The van der Waals surface area contributed by atoms with Gasteiger partial charge in [0, 0.05) is 18.5 Å². The molecule has 0 saturated carbocycles. The van der Waals surface area contributed by atoms with E-state index in [1.807, 2.05) is 29.2 Å². The van der Waals surface area contributed by atoms with Gasteiger partial charge in [0.25, 0.3) is 0 Å². The molecule has 0 aliphatic carbocycles. The maximum Gasteiger partial charge on any atom is 0.227 e. The molecule has 4 nitrogen and oxygen atoms in total. The Morgan fingerprint density at radius 3 is 2.52 bits per heavy atom. The Morgan fingerprint density at radius 1 is 1.08 bits per heavy atom. The molecule has 0 aromatic heterocycles. The highest BCUT2D eigenvalue weighted by Crippen LogP contribution is 2.34. The fourth-order valence-electron chi connectivity index (χ4n) is 3.60. The number of ether oxygens (including phenoxy) is 2. The van der Waals surface area contributed by atoms with Gasteiger partial charge in [-0.1, -0.05) is 44.2 Å². The van der Waals surface area contributed by atoms with Crippen molar-refractivity contribution >= 4 is 5.91 Å². The summed E-state index contributed by atoms with van der Waals surface area (Å²) in [5.41, 5.74) is 3.46. The molecule has 1 aliphatic heterocycles. The van der Waals surface area contributed by atoms with E-state index in [2.05, 4.69) is 32.0 Å². The van der Waals surface area contributed by atoms with Crippen LogP contribution in [0, 0.1) is 0 Å². The van der Waals surface area contributed by atoms with Crippen LogP contribution in [0.5, 0.6) is 11.5 Å². The van der Waals surface area contributed by atoms with Gasteiger partial charge in [-0.15, -0.1) is 0 Å². The lowest BCUT2D eigenvalue weighted by Gasteiger charge is -2.40. The fraction of sp³-hybridized carbons (Fsp3) is 0.381. The average Bonchev–Trinajstić information content (AvgIpc) is 2.61. The third-order valence-corrected chi connectivity index (χ3v) is 4.85. The molecule has 0 radical (unpaired) electrons. The van der Waals surface area contributed by atoms with Crippen LogP contribution in [0.25, 0.3) is 0 Å². The van der Waals surface area contributed by atoms with E-state index in [1.54, 1.807) is 14.2 Å². The maximum absolute atomic E-state index is 12.9. The van der Waals surface area contributed by atoms with Crippen LogP contribution < -0.4 is 9.47 Å². The molecule has 3 rings (SSSR count). The van der Waals surface area contributed by atoms with Gasteiger partial charge in [0.15, 0.2) is 11.5 Å². The van der Waals surface area contributed by atoms with E-state index in [0.29, 0.717) is 24.5 Å². The summed E-state index contributed by atoms with van der Waals surface area (Å²) in [6.07, 6.45) is 0.360. The van der Waals surface area contributed by atoms with E-state index >= 15 is 0 Å². The van der Waals surface area contributed by atoms with E-state index < -0.39 is 0 Å². The number of benzene rings is 2. The molecule has 0 atom stereocenters. The number of nitrogens with zero attached hydrogens (tertiary/aromatic N) is 1. The first kappa shape index (κ1) is 17.3. The number of amides is 1. The third kappa shape index (κ3) is 3.48. The lowest BCUT2D eigenvalue weighted by Crippen LogP contribution is -2.45. The van der Waals surface area contributed by atoms with Gasteiger partial charge in [0.1, 0.15) is 0 Å². The van der Waals surface area contributed by atoms with Crippen molar-refractivity contribution < 1.29 is 14.3 Å². The third-order valence-electron chi connectivity index (χ3n) is 4.85. The van der Waals surface area contributed by atoms with Crippen LogP contribution in [0.1, 0.15) is 30.5 Å².